The number of nitrogens with one attached hydrogen (secondary N) is 1. The van der Waals surface area contributed by atoms with Gasteiger partial charge in [0, 0.05) is 17.5 Å². The number of nitrogens with zero attached hydrogens (tertiary/aromatic N) is 5. The highest BCUT2D eigenvalue weighted by Crippen LogP contribution is 2.45. The second-order valence-corrected chi connectivity index (χ2v) is 17.6. The van der Waals surface area contributed by atoms with Crippen LogP contribution in [0.25, 0.3) is 11.8 Å². The van der Waals surface area contributed by atoms with E-state index in [4.69, 9.17) is 15.3 Å². The Morgan fingerprint density at radius 3 is 1.86 bits per heavy atom. The van der Waals surface area contributed by atoms with E-state index in [1.165, 1.54) is 0 Å². The van der Waals surface area contributed by atoms with Crippen LogP contribution in [0.2, 0.25) is 0 Å². The van der Waals surface area contributed by atoms with Crippen LogP contribution in [0, 0.1) is 17.8 Å². The molecule has 1 aliphatic heterocycles. The number of rotatable bonds is 9. The maximum Gasteiger partial charge on any atom is 0.146 e. The second kappa shape index (κ2) is 12.9. The number of allylic oxidation sites excluding steroid dienone is 3. The molecule has 2 aromatic carbocycles. The number of aromatic hydroxyl groups is 2. The number of hydrogen-bond acceptors (Lipinski definition) is 7. The van der Waals surface area contributed by atoms with Crippen molar-refractivity contribution in [1.29, 1.82) is 0 Å². The number of benzene rings is 2. The summed E-state index contributed by atoms with van der Waals surface area (Å²) in [5, 5.41) is 40.0. The first-order valence-corrected chi connectivity index (χ1v) is 17.5. The van der Waals surface area contributed by atoms with Crippen molar-refractivity contribution in [3.63, 3.8) is 0 Å². The lowest BCUT2D eigenvalue weighted by atomic mass is 9.71. The van der Waals surface area contributed by atoms with Gasteiger partial charge in [-0.05, 0) is 83.8 Å². The van der Waals surface area contributed by atoms with Gasteiger partial charge in [-0.25, -0.2) is 0 Å². The van der Waals surface area contributed by atoms with Crippen molar-refractivity contribution >= 4 is 17.5 Å². The molecule has 0 spiro atoms. The number of fused-ring (bicyclic) bond motifs is 1. The van der Waals surface area contributed by atoms with Gasteiger partial charge in [-0.1, -0.05) is 106 Å². The zero-order chi connectivity index (χ0) is 36.1. The highest BCUT2D eigenvalue weighted by atomic mass is 16.3. The summed E-state index contributed by atoms with van der Waals surface area (Å²) >= 11 is 0. The van der Waals surface area contributed by atoms with Crippen LogP contribution in [0.3, 0.4) is 0 Å². The Kier molecular flexibility index (Phi) is 9.54. The normalized spacial score (nSPS) is 16.9. The number of hydrogen-bond donors (Lipinski definition) is 3. The van der Waals surface area contributed by atoms with Crippen LogP contribution >= 0.6 is 0 Å². The van der Waals surface area contributed by atoms with E-state index in [0.29, 0.717) is 28.9 Å². The fraction of sp³-hybridized carbons (Fsp3) is 0.488. The number of hydrazone groups is 1. The molecule has 0 bridgehead atoms. The molecule has 1 aromatic heterocycles. The topological polar surface area (TPSA) is 98.8 Å². The van der Waals surface area contributed by atoms with E-state index in [-0.39, 0.29) is 39.2 Å². The molecule has 0 fully saturated rings. The molecule has 3 aromatic rings. The zero-order valence-electron chi connectivity index (χ0n) is 31.6. The largest absolute Gasteiger partial charge is 0.505 e. The lowest BCUT2D eigenvalue weighted by Gasteiger charge is -2.34. The van der Waals surface area contributed by atoms with Gasteiger partial charge in [0.15, 0.2) is 0 Å². The quantitative estimate of drug-likeness (QED) is 0.211. The average Bonchev–Trinajstić information content (AvgIpc) is 3.55. The molecule has 49 heavy (non-hydrogen) atoms. The first-order chi connectivity index (χ1) is 22.7. The van der Waals surface area contributed by atoms with E-state index in [2.05, 4.69) is 98.9 Å². The molecule has 1 atom stereocenters. The Morgan fingerprint density at radius 1 is 0.776 bits per heavy atom. The van der Waals surface area contributed by atoms with Crippen molar-refractivity contribution in [3.8, 4) is 17.2 Å². The molecule has 5 rings (SSSR count). The van der Waals surface area contributed by atoms with Crippen molar-refractivity contribution in [3.05, 3.63) is 88.3 Å². The highest BCUT2D eigenvalue weighted by Gasteiger charge is 2.33. The molecule has 3 N–H and O–H groups in total. The molecule has 1 unspecified atom stereocenters. The van der Waals surface area contributed by atoms with E-state index < -0.39 is 0 Å². The number of hydrazine groups is 1. The molecule has 0 amide bonds. The monoisotopic (exact) mass is 664 g/mol. The summed E-state index contributed by atoms with van der Waals surface area (Å²) in [6.45, 7) is 26.4. The van der Waals surface area contributed by atoms with Crippen molar-refractivity contribution < 1.29 is 10.2 Å². The van der Waals surface area contributed by atoms with E-state index in [1.54, 1.807) is 9.91 Å². The molecule has 0 saturated carbocycles. The maximum absolute atomic E-state index is 12.0. The van der Waals surface area contributed by atoms with Crippen LogP contribution in [-0.4, -0.2) is 37.0 Å². The Bertz CT molecular complexity index is 1840. The number of anilines is 1. The number of phenolic OH excluding ortho intramolecular Hbond substituents is 2. The molecule has 0 saturated heterocycles. The van der Waals surface area contributed by atoms with Crippen LogP contribution in [0.1, 0.15) is 123 Å². The minimum Gasteiger partial charge on any atom is -0.505 e. The number of phenols is 2. The summed E-state index contributed by atoms with van der Waals surface area (Å²) in [6.07, 6.45) is 14.0. The molecule has 8 heteroatoms. The lowest BCUT2D eigenvalue weighted by Crippen LogP contribution is -2.37. The van der Waals surface area contributed by atoms with Crippen molar-refractivity contribution in [1.82, 2.24) is 20.4 Å². The predicted molar refractivity (Wildman–Crippen MR) is 203 cm³/mol. The van der Waals surface area contributed by atoms with Gasteiger partial charge in [-0.15, -0.1) is 9.90 Å². The lowest BCUT2D eigenvalue weighted by molar-refractivity contribution is 0.283. The second-order valence-electron chi connectivity index (χ2n) is 17.6. The summed E-state index contributed by atoms with van der Waals surface area (Å²) in [5.74, 6) is 0.223. The summed E-state index contributed by atoms with van der Waals surface area (Å²) < 4.78 is 0. The minimum atomic E-state index is -0.222. The molecule has 2 aliphatic rings. The van der Waals surface area contributed by atoms with Crippen molar-refractivity contribution in [2.45, 2.75) is 119 Å². The molecule has 0 radical (unpaired) electrons. The van der Waals surface area contributed by atoms with Gasteiger partial charge >= 0.3 is 0 Å². The van der Waals surface area contributed by atoms with Gasteiger partial charge in [0.1, 0.15) is 28.6 Å². The summed E-state index contributed by atoms with van der Waals surface area (Å²) in [7, 11) is 0. The Morgan fingerprint density at radius 2 is 1.33 bits per heavy atom. The average molecular weight is 665 g/mol. The summed E-state index contributed by atoms with van der Waals surface area (Å²) in [4.78, 5) is 1.54. The zero-order valence-corrected chi connectivity index (χ0v) is 31.6. The van der Waals surface area contributed by atoms with E-state index >= 15 is 0 Å². The third-order valence-electron chi connectivity index (χ3n) is 9.29. The first-order valence-electron chi connectivity index (χ1n) is 17.5. The Balaban J connectivity index is 1.69. The maximum atomic E-state index is 12.0. The Hall–Kier alpha value is -4.17. The van der Waals surface area contributed by atoms with Gasteiger partial charge < -0.3 is 10.2 Å². The van der Waals surface area contributed by atoms with Gasteiger partial charge in [-0.2, -0.15) is 20.7 Å². The van der Waals surface area contributed by atoms with Gasteiger partial charge in [0.25, 0.3) is 0 Å². The van der Waals surface area contributed by atoms with E-state index in [0.717, 1.165) is 41.1 Å². The molecule has 262 valence electrons. The first kappa shape index (κ1) is 36.1. The SMILES string of the molecule is C/C=C\c1nn(-c2cc(C(C)(C)CC(C)(C)C)cc(Cc3cc(C(C)(C)CC(C)(C)C)cc(N4N=C5C=CC=CC5N4)c3O)c2O)nc1C. The molecule has 8 nitrogen and oxygen atoms in total. The smallest absolute Gasteiger partial charge is 0.146 e. The third kappa shape index (κ3) is 8.01. The third-order valence-corrected chi connectivity index (χ3v) is 9.29. The summed E-state index contributed by atoms with van der Waals surface area (Å²) in [5.41, 5.74) is 10.3. The standard InChI is InChI=1S/C41H56N6O2/c1-13-16-31-26(2)42-46(43-31)34-22-29(40(9,10)24-38(3,4)5)20-27(36(34)48)19-28-21-30(41(11,12)25-39(6,7)8)23-35(37(28)49)47-44-32-17-14-15-18-33(32)45-47/h13-18,20-23,32,44,48-49H,19,24-25H2,1-12H3/b16-13-. The number of aryl methyl sites for hydroxylation is 1. The van der Waals surface area contributed by atoms with E-state index in [1.807, 2.05) is 50.3 Å². The van der Waals surface area contributed by atoms with Crippen LogP contribution in [0.15, 0.2) is 59.7 Å². The van der Waals surface area contributed by atoms with Gasteiger partial charge in [0.2, 0.25) is 0 Å². The van der Waals surface area contributed by atoms with Crippen LogP contribution in [0.5, 0.6) is 11.5 Å². The molecule has 1 aliphatic carbocycles. The summed E-state index contributed by atoms with van der Waals surface area (Å²) in [6, 6.07) is 8.21. The molecular formula is C41H56N6O2. The molecular weight excluding hydrogens is 608 g/mol. The van der Waals surface area contributed by atoms with Crippen LogP contribution in [0.4, 0.5) is 5.69 Å². The van der Waals surface area contributed by atoms with Crippen LogP contribution < -0.4 is 10.5 Å². The Labute approximate surface area is 293 Å². The van der Waals surface area contributed by atoms with Crippen molar-refractivity contribution in [2.24, 2.45) is 15.9 Å². The molecule has 2 heterocycles. The van der Waals surface area contributed by atoms with Gasteiger partial charge in [-0.3, -0.25) is 0 Å². The van der Waals surface area contributed by atoms with E-state index in [9.17, 15) is 10.2 Å². The van der Waals surface area contributed by atoms with Crippen molar-refractivity contribution in [2.75, 3.05) is 5.12 Å². The predicted octanol–water partition coefficient (Wildman–Crippen LogP) is 9.21. The number of aromatic nitrogens is 3. The minimum absolute atomic E-state index is 0.0649. The fourth-order valence-electron chi connectivity index (χ4n) is 7.73. The van der Waals surface area contributed by atoms with Gasteiger partial charge in [0.05, 0.1) is 17.4 Å². The fourth-order valence-corrected chi connectivity index (χ4v) is 7.73. The van der Waals surface area contributed by atoms with Crippen LogP contribution in [-0.2, 0) is 17.3 Å². The highest BCUT2D eigenvalue weighted by molar-refractivity contribution is 6.04.